The summed E-state index contributed by atoms with van der Waals surface area (Å²) < 4.78 is 121. The van der Waals surface area contributed by atoms with Gasteiger partial charge in [-0.15, -0.1) is 0 Å². The quantitative estimate of drug-likeness (QED) is 0.294. The first-order valence-electron chi connectivity index (χ1n) is 11.6. The summed E-state index contributed by atoms with van der Waals surface area (Å²) in [6, 6.07) is 10.9. The molecule has 0 bridgehead atoms. The van der Waals surface area contributed by atoms with Gasteiger partial charge in [0.1, 0.15) is 4.75 Å². The van der Waals surface area contributed by atoms with Crippen molar-refractivity contribution in [2.75, 3.05) is 13.1 Å². The lowest BCUT2D eigenvalue weighted by Crippen LogP contribution is -2.50. The van der Waals surface area contributed by atoms with Crippen LogP contribution in [0.25, 0.3) is 0 Å². The number of likely N-dealkylation sites (tertiary alicyclic amines) is 1. The highest BCUT2D eigenvalue weighted by Gasteiger charge is 2.73. The van der Waals surface area contributed by atoms with Gasteiger partial charge in [-0.05, 0) is 47.9 Å². The first kappa shape index (κ1) is 30.0. The fraction of sp³-hybridized carbons (Fsp3) is 0.308. The van der Waals surface area contributed by atoms with Gasteiger partial charge in [0.2, 0.25) is 5.91 Å². The number of alkyl halides is 7. The number of rotatable bonds is 6. The molecule has 1 amide bonds. The van der Waals surface area contributed by atoms with E-state index in [1.165, 1.54) is 35.5 Å². The number of nitrogens with zero attached hydrogens (tertiary/aromatic N) is 2. The van der Waals surface area contributed by atoms with Crippen LogP contribution in [-0.2, 0) is 31.5 Å². The maximum Gasteiger partial charge on any atom is 0.435 e. The molecule has 0 aliphatic carbocycles. The van der Waals surface area contributed by atoms with Gasteiger partial charge in [0.15, 0.2) is 9.84 Å². The number of aromatic nitrogens is 1. The summed E-state index contributed by atoms with van der Waals surface area (Å²) in [6.07, 6.45) is -9.99. The van der Waals surface area contributed by atoms with Crippen LogP contribution >= 0.6 is 15.9 Å². The molecule has 0 unspecified atom stereocenters. The predicted molar refractivity (Wildman–Crippen MR) is 133 cm³/mol. The third-order valence-corrected chi connectivity index (χ3v) is 9.87. The van der Waals surface area contributed by atoms with Gasteiger partial charge in [0.25, 0.3) is 0 Å². The van der Waals surface area contributed by atoms with Crippen molar-refractivity contribution in [2.24, 2.45) is 0 Å². The highest BCUT2D eigenvalue weighted by molar-refractivity contribution is 9.10. The number of benzene rings is 2. The summed E-state index contributed by atoms with van der Waals surface area (Å²) in [4.78, 5) is 18.0. The van der Waals surface area contributed by atoms with E-state index in [-0.39, 0.29) is 42.0 Å². The Kier molecular flexibility index (Phi) is 7.82. The Morgan fingerprint density at radius 1 is 0.925 bits per heavy atom. The summed E-state index contributed by atoms with van der Waals surface area (Å²) in [7, 11) is -4.39. The Hall–Kier alpha value is -3.00. The molecule has 0 N–H and O–H groups in total. The van der Waals surface area contributed by atoms with E-state index in [2.05, 4.69) is 20.9 Å². The van der Waals surface area contributed by atoms with E-state index >= 15 is 0 Å². The molecule has 0 saturated carbocycles. The molecular weight excluding hydrogens is 633 g/mol. The van der Waals surface area contributed by atoms with E-state index < -0.39 is 50.6 Å². The Balaban J connectivity index is 1.80. The van der Waals surface area contributed by atoms with Crippen molar-refractivity contribution in [1.82, 2.24) is 9.88 Å². The average molecular weight is 653 g/mol. The van der Waals surface area contributed by atoms with Crippen LogP contribution in [0.15, 0.2) is 82.4 Å². The topological polar surface area (TPSA) is 67.3 Å². The molecule has 1 saturated heterocycles. The predicted octanol–water partition coefficient (Wildman–Crippen LogP) is 6.28. The van der Waals surface area contributed by atoms with Crippen LogP contribution < -0.4 is 0 Å². The fourth-order valence-electron chi connectivity index (χ4n) is 4.74. The van der Waals surface area contributed by atoms with Crippen LogP contribution in [0.5, 0.6) is 0 Å². The SMILES string of the molecule is O=C(Cc1ccncc1)N1CC[C@](c2ccc(C(F)(C(F)(F)F)C(F)(F)F)cc2)(S(=O)(=O)c2cccc(Br)c2)C1. The second kappa shape index (κ2) is 10.4. The minimum atomic E-state index is -6.32. The molecule has 4 rings (SSSR count). The molecule has 3 aromatic rings. The second-order valence-corrected chi connectivity index (χ2v) is 12.5. The van der Waals surface area contributed by atoms with E-state index in [4.69, 9.17) is 0 Å². The van der Waals surface area contributed by atoms with Crippen molar-refractivity contribution in [3.05, 3.63) is 94.2 Å². The zero-order chi connectivity index (χ0) is 29.6. The summed E-state index contributed by atoms with van der Waals surface area (Å²) in [5, 5.41) is 0. The molecule has 40 heavy (non-hydrogen) atoms. The molecule has 0 spiro atoms. The Morgan fingerprint density at radius 2 is 1.52 bits per heavy atom. The van der Waals surface area contributed by atoms with Crippen LogP contribution in [0.1, 0.15) is 23.1 Å². The summed E-state index contributed by atoms with van der Waals surface area (Å²) in [6.45, 7) is -0.485. The van der Waals surface area contributed by atoms with Gasteiger partial charge in [-0.25, -0.2) is 12.8 Å². The molecule has 2 aromatic carbocycles. The molecule has 5 nitrogen and oxygen atoms in total. The van der Waals surface area contributed by atoms with E-state index in [9.17, 15) is 43.9 Å². The molecule has 1 atom stereocenters. The van der Waals surface area contributed by atoms with Crippen LogP contribution in [-0.4, -0.2) is 49.7 Å². The standard InChI is InChI=1S/C26H20BrF7N2O3S/c27-20-2-1-3-21(15-20)40(38,39)23(10-13-36(16-23)22(37)14-17-8-11-35-12-9-17)18-4-6-19(7-5-18)24(28,25(29,30)31)26(32,33)34/h1-9,11-12,15H,10,13-14,16H2/t23-/m0/s1. The summed E-state index contributed by atoms with van der Waals surface area (Å²) in [5.74, 6) is -0.439. The molecule has 1 aliphatic rings. The number of amides is 1. The van der Waals surface area contributed by atoms with Gasteiger partial charge in [-0.1, -0.05) is 46.3 Å². The molecule has 1 aromatic heterocycles. The van der Waals surface area contributed by atoms with Gasteiger partial charge in [0, 0.05) is 35.5 Å². The van der Waals surface area contributed by atoms with Gasteiger partial charge in [-0.2, -0.15) is 26.3 Å². The van der Waals surface area contributed by atoms with Crippen molar-refractivity contribution < 1.29 is 43.9 Å². The minimum absolute atomic E-state index is 0.0585. The largest absolute Gasteiger partial charge is 0.435 e. The van der Waals surface area contributed by atoms with Gasteiger partial charge in [-0.3, -0.25) is 9.78 Å². The van der Waals surface area contributed by atoms with Crippen molar-refractivity contribution in [3.8, 4) is 0 Å². The smallest absolute Gasteiger partial charge is 0.340 e. The zero-order valence-corrected chi connectivity index (χ0v) is 22.7. The molecule has 14 heteroatoms. The third-order valence-electron chi connectivity index (χ3n) is 6.90. The van der Waals surface area contributed by atoms with Gasteiger partial charge < -0.3 is 4.90 Å². The fourth-order valence-corrected chi connectivity index (χ4v) is 7.42. The molecule has 1 fully saturated rings. The van der Waals surface area contributed by atoms with E-state index in [1.54, 1.807) is 18.2 Å². The average Bonchev–Trinajstić information content (AvgIpc) is 3.35. The number of hydrogen-bond acceptors (Lipinski definition) is 4. The zero-order valence-electron chi connectivity index (χ0n) is 20.3. The molecule has 214 valence electrons. The maximum absolute atomic E-state index is 14.6. The Bertz CT molecular complexity index is 1480. The number of carbonyl (C=O) groups excluding carboxylic acids is 1. The number of halogens is 8. The lowest BCUT2D eigenvalue weighted by Gasteiger charge is -2.32. The number of pyridine rings is 1. The molecular formula is C26H20BrF7N2O3S. The summed E-state index contributed by atoms with van der Waals surface area (Å²) in [5.41, 5.74) is -6.98. The summed E-state index contributed by atoms with van der Waals surface area (Å²) >= 11 is 3.19. The maximum atomic E-state index is 14.6. The monoisotopic (exact) mass is 652 g/mol. The van der Waals surface area contributed by atoms with Crippen molar-refractivity contribution in [1.29, 1.82) is 0 Å². The minimum Gasteiger partial charge on any atom is -0.340 e. The number of sulfone groups is 1. The highest BCUT2D eigenvalue weighted by atomic mass is 79.9. The van der Waals surface area contributed by atoms with E-state index in [0.717, 1.165) is 12.1 Å². The first-order chi connectivity index (χ1) is 18.5. The normalized spacial score (nSPS) is 18.6. The highest BCUT2D eigenvalue weighted by Crippen LogP contribution is 2.53. The first-order valence-corrected chi connectivity index (χ1v) is 13.9. The second-order valence-electron chi connectivity index (χ2n) is 9.28. The number of hydrogen-bond donors (Lipinski definition) is 0. The molecule has 1 aliphatic heterocycles. The van der Waals surface area contributed by atoms with Crippen molar-refractivity contribution in [3.63, 3.8) is 0 Å². The molecule has 0 radical (unpaired) electrons. The Labute approximate surface area is 233 Å². The number of carbonyl (C=O) groups is 1. The third kappa shape index (κ3) is 5.11. The van der Waals surface area contributed by atoms with Crippen LogP contribution in [0.4, 0.5) is 30.7 Å². The van der Waals surface area contributed by atoms with Crippen LogP contribution in [0.2, 0.25) is 0 Å². The lowest BCUT2D eigenvalue weighted by atomic mass is 9.90. The van der Waals surface area contributed by atoms with Crippen molar-refractivity contribution in [2.45, 2.75) is 40.5 Å². The van der Waals surface area contributed by atoms with E-state index in [0.29, 0.717) is 10.0 Å². The lowest BCUT2D eigenvalue weighted by molar-refractivity contribution is -0.348. The molecule has 2 heterocycles. The van der Waals surface area contributed by atoms with Crippen molar-refractivity contribution >= 4 is 31.7 Å². The Morgan fingerprint density at radius 3 is 2.08 bits per heavy atom. The van der Waals surface area contributed by atoms with E-state index in [1.807, 2.05) is 0 Å². The van der Waals surface area contributed by atoms with Gasteiger partial charge >= 0.3 is 18.0 Å². The van der Waals surface area contributed by atoms with Crippen LogP contribution in [0, 0.1) is 0 Å². The van der Waals surface area contributed by atoms with Gasteiger partial charge in [0.05, 0.1) is 11.3 Å². The van der Waals surface area contributed by atoms with Crippen LogP contribution in [0.3, 0.4) is 0 Å².